The second kappa shape index (κ2) is 9.38. The van der Waals surface area contributed by atoms with E-state index in [-0.39, 0.29) is 23.7 Å². The zero-order chi connectivity index (χ0) is 19.8. The average Bonchev–Trinajstić information content (AvgIpc) is 2.65. The molecular weight excluding hydrogens is 342 g/mol. The van der Waals surface area contributed by atoms with E-state index in [2.05, 4.69) is 0 Å². The fraction of sp³-hybridized carbons (Fsp3) is 0.182. The number of ether oxygens (including phenoxy) is 1. The first-order chi connectivity index (χ1) is 12.9. The Morgan fingerprint density at radius 1 is 1.00 bits per heavy atom. The minimum atomic E-state index is -0.285. The Hall–Kier alpha value is -3.34. The number of phenols is 1. The summed E-state index contributed by atoms with van der Waals surface area (Å²) in [6.45, 7) is 0. The number of methoxy groups -OCH3 is 1. The van der Waals surface area contributed by atoms with Gasteiger partial charge in [-0.05, 0) is 48.1 Å². The van der Waals surface area contributed by atoms with E-state index in [1.807, 2.05) is 37.2 Å². The van der Waals surface area contributed by atoms with Crippen molar-refractivity contribution in [2.24, 2.45) is 0 Å². The second-order valence-electron chi connectivity index (χ2n) is 6.19. The zero-order valence-corrected chi connectivity index (χ0v) is 15.7. The molecular formula is C22H23NO4. The van der Waals surface area contributed by atoms with Crippen molar-refractivity contribution >= 4 is 29.4 Å². The highest BCUT2D eigenvalue weighted by Crippen LogP contribution is 2.25. The Balaban J connectivity index is 1.98. The summed E-state index contributed by atoms with van der Waals surface area (Å²) in [5.74, 6) is 0.248. The lowest BCUT2D eigenvalue weighted by Crippen LogP contribution is -2.08. The molecule has 0 aliphatic heterocycles. The molecule has 0 spiro atoms. The van der Waals surface area contributed by atoms with Crippen LogP contribution in [0.2, 0.25) is 0 Å². The first kappa shape index (κ1) is 20.0. The Kier molecular flexibility index (Phi) is 6.94. The van der Waals surface area contributed by atoms with Crippen LogP contribution < -0.4 is 9.64 Å². The summed E-state index contributed by atoms with van der Waals surface area (Å²) in [7, 11) is 5.45. The number of carbonyl (C=O) groups is 2. The summed E-state index contributed by atoms with van der Waals surface area (Å²) in [4.78, 5) is 25.9. The minimum absolute atomic E-state index is 0.160. The van der Waals surface area contributed by atoms with Crippen LogP contribution in [0.25, 0.3) is 12.2 Å². The van der Waals surface area contributed by atoms with Gasteiger partial charge in [-0.15, -0.1) is 0 Å². The number of hydrogen-bond donors (Lipinski definition) is 1. The quantitative estimate of drug-likeness (QED) is 0.570. The molecule has 0 aliphatic carbocycles. The van der Waals surface area contributed by atoms with Gasteiger partial charge in [0.1, 0.15) is 11.5 Å². The van der Waals surface area contributed by atoms with Crippen molar-refractivity contribution < 1.29 is 19.4 Å². The van der Waals surface area contributed by atoms with Crippen LogP contribution in [0.5, 0.6) is 11.5 Å². The predicted molar refractivity (Wildman–Crippen MR) is 108 cm³/mol. The number of rotatable bonds is 8. The molecule has 140 valence electrons. The van der Waals surface area contributed by atoms with Crippen LogP contribution in [0.4, 0.5) is 5.69 Å². The molecule has 0 aromatic heterocycles. The van der Waals surface area contributed by atoms with Crippen molar-refractivity contribution in [3.8, 4) is 11.5 Å². The van der Waals surface area contributed by atoms with Gasteiger partial charge in [-0.2, -0.15) is 0 Å². The van der Waals surface area contributed by atoms with E-state index < -0.39 is 0 Å². The highest BCUT2D eigenvalue weighted by Gasteiger charge is 2.06. The lowest BCUT2D eigenvalue weighted by Gasteiger charge is -2.14. The molecule has 5 heteroatoms. The van der Waals surface area contributed by atoms with Gasteiger partial charge in [0.2, 0.25) is 0 Å². The molecule has 27 heavy (non-hydrogen) atoms. The van der Waals surface area contributed by atoms with Gasteiger partial charge < -0.3 is 14.7 Å². The second-order valence-corrected chi connectivity index (χ2v) is 6.19. The monoisotopic (exact) mass is 365 g/mol. The maximum absolute atomic E-state index is 12.0. The first-order valence-corrected chi connectivity index (χ1v) is 8.45. The van der Waals surface area contributed by atoms with E-state index in [9.17, 15) is 14.7 Å². The lowest BCUT2D eigenvalue weighted by molar-refractivity contribution is -0.121. The third-order valence-electron chi connectivity index (χ3n) is 3.89. The molecule has 0 bridgehead atoms. The van der Waals surface area contributed by atoms with Gasteiger partial charge in [0.25, 0.3) is 0 Å². The Bertz CT molecular complexity index is 864. The molecule has 0 atom stereocenters. The molecule has 0 fully saturated rings. The van der Waals surface area contributed by atoms with Gasteiger partial charge in [0.05, 0.1) is 13.5 Å². The van der Waals surface area contributed by atoms with E-state index in [0.29, 0.717) is 5.75 Å². The van der Waals surface area contributed by atoms with Gasteiger partial charge in [-0.3, -0.25) is 9.59 Å². The summed E-state index contributed by atoms with van der Waals surface area (Å²) in [5.41, 5.74) is 2.53. The highest BCUT2D eigenvalue weighted by atomic mass is 16.5. The highest BCUT2D eigenvalue weighted by molar-refractivity contribution is 6.11. The van der Waals surface area contributed by atoms with Crippen LogP contribution in [0.1, 0.15) is 17.5 Å². The summed E-state index contributed by atoms with van der Waals surface area (Å²) >= 11 is 0. The van der Waals surface area contributed by atoms with Crippen molar-refractivity contribution in [1.29, 1.82) is 0 Å². The number of aromatic hydroxyl groups is 1. The number of hydrogen-bond acceptors (Lipinski definition) is 5. The SMILES string of the molecule is COc1cc(N(C)C)ccc1C=CC(=O)CC(=O)C=Cc1ccc(O)cc1. The van der Waals surface area contributed by atoms with E-state index in [4.69, 9.17) is 4.74 Å². The van der Waals surface area contributed by atoms with E-state index in [1.54, 1.807) is 31.4 Å². The summed E-state index contributed by atoms with van der Waals surface area (Å²) in [6, 6.07) is 12.1. The molecule has 2 rings (SSSR count). The number of allylic oxidation sites excluding steroid dienone is 2. The standard InChI is InChI=1S/C22H23NO4/c1-23(2)18-9-7-17(22(14-18)27-3)8-13-21(26)15-20(25)12-6-16-4-10-19(24)11-5-16/h4-14,24H,15H2,1-3H3. The van der Waals surface area contributed by atoms with E-state index in [1.165, 1.54) is 24.3 Å². The zero-order valence-electron chi connectivity index (χ0n) is 15.7. The molecule has 0 unspecified atom stereocenters. The van der Waals surface area contributed by atoms with Crippen molar-refractivity contribution in [3.63, 3.8) is 0 Å². The molecule has 0 saturated heterocycles. The maximum atomic E-state index is 12.0. The number of nitrogens with zero attached hydrogens (tertiary/aromatic N) is 1. The van der Waals surface area contributed by atoms with Gasteiger partial charge in [-0.1, -0.05) is 18.2 Å². The van der Waals surface area contributed by atoms with E-state index >= 15 is 0 Å². The number of carbonyl (C=O) groups excluding carboxylic acids is 2. The molecule has 2 aromatic rings. The van der Waals surface area contributed by atoms with E-state index in [0.717, 1.165) is 16.8 Å². The molecule has 2 aromatic carbocycles. The van der Waals surface area contributed by atoms with Gasteiger partial charge in [0, 0.05) is 31.4 Å². The Labute approximate surface area is 159 Å². The Morgan fingerprint density at radius 3 is 2.22 bits per heavy atom. The van der Waals surface area contributed by atoms with Crippen molar-refractivity contribution in [2.45, 2.75) is 6.42 Å². The molecule has 0 aliphatic rings. The molecule has 0 saturated carbocycles. The van der Waals surface area contributed by atoms with Crippen LogP contribution in [0.3, 0.4) is 0 Å². The Morgan fingerprint density at radius 2 is 1.63 bits per heavy atom. The number of ketones is 2. The summed E-state index contributed by atoms with van der Waals surface area (Å²) in [6.07, 6.45) is 5.81. The predicted octanol–water partition coefficient (Wildman–Crippen LogP) is 3.72. The normalized spacial score (nSPS) is 11.1. The number of phenolic OH excluding ortho intramolecular Hbond substituents is 1. The fourth-order valence-corrected chi connectivity index (χ4v) is 2.36. The first-order valence-electron chi connectivity index (χ1n) is 8.45. The van der Waals surface area contributed by atoms with Crippen LogP contribution in [-0.2, 0) is 9.59 Å². The van der Waals surface area contributed by atoms with Crippen LogP contribution in [0.15, 0.2) is 54.6 Å². The topological polar surface area (TPSA) is 66.8 Å². The fourth-order valence-electron chi connectivity index (χ4n) is 2.36. The van der Waals surface area contributed by atoms with Crippen LogP contribution >= 0.6 is 0 Å². The summed E-state index contributed by atoms with van der Waals surface area (Å²) in [5, 5.41) is 9.23. The minimum Gasteiger partial charge on any atom is -0.508 e. The number of benzene rings is 2. The average molecular weight is 365 g/mol. The van der Waals surface area contributed by atoms with Gasteiger partial charge in [0.15, 0.2) is 11.6 Å². The molecule has 0 heterocycles. The lowest BCUT2D eigenvalue weighted by atomic mass is 10.1. The van der Waals surface area contributed by atoms with Gasteiger partial charge >= 0.3 is 0 Å². The maximum Gasteiger partial charge on any atom is 0.163 e. The van der Waals surface area contributed by atoms with Gasteiger partial charge in [-0.25, -0.2) is 0 Å². The largest absolute Gasteiger partial charge is 0.508 e. The third-order valence-corrected chi connectivity index (χ3v) is 3.89. The molecule has 0 amide bonds. The van der Waals surface area contributed by atoms with Crippen molar-refractivity contribution in [3.05, 3.63) is 65.7 Å². The third kappa shape index (κ3) is 6.15. The molecule has 1 N–H and O–H groups in total. The summed E-state index contributed by atoms with van der Waals surface area (Å²) < 4.78 is 5.36. The smallest absolute Gasteiger partial charge is 0.163 e. The van der Waals surface area contributed by atoms with Crippen molar-refractivity contribution in [1.82, 2.24) is 0 Å². The molecule has 0 radical (unpaired) electrons. The van der Waals surface area contributed by atoms with Crippen LogP contribution in [0, 0.1) is 0 Å². The van der Waals surface area contributed by atoms with Crippen LogP contribution in [-0.4, -0.2) is 37.9 Å². The number of anilines is 1. The molecule has 5 nitrogen and oxygen atoms in total. The van der Waals surface area contributed by atoms with Crippen molar-refractivity contribution in [2.75, 3.05) is 26.1 Å².